The molecule has 1 amide bonds. The first-order valence-electron chi connectivity index (χ1n) is 9.64. The molecule has 7 nitrogen and oxygen atoms in total. The maximum absolute atomic E-state index is 13.0. The second kappa shape index (κ2) is 6.22. The van der Waals surface area contributed by atoms with Crippen LogP contribution in [0, 0.1) is 11.8 Å². The van der Waals surface area contributed by atoms with Gasteiger partial charge in [0, 0.05) is 20.0 Å². The number of esters is 2. The highest BCUT2D eigenvalue weighted by molar-refractivity contribution is 5.80. The lowest BCUT2D eigenvalue weighted by Crippen LogP contribution is -2.58. The first kappa shape index (κ1) is 17.8. The monoisotopic (exact) mass is 365 g/mol. The number of ether oxygens (including phenoxy) is 3. The van der Waals surface area contributed by atoms with Gasteiger partial charge in [-0.25, -0.2) is 0 Å². The summed E-state index contributed by atoms with van der Waals surface area (Å²) in [6.45, 7) is 3.73. The van der Waals surface area contributed by atoms with Crippen LogP contribution in [0.1, 0.15) is 52.4 Å². The molecule has 0 radical (unpaired) electrons. The first-order chi connectivity index (χ1) is 12.4. The minimum absolute atomic E-state index is 0.0441. The highest BCUT2D eigenvalue weighted by Crippen LogP contribution is 2.49. The van der Waals surface area contributed by atoms with E-state index in [0.717, 1.165) is 12.8 Å². The molecule has 4 fully saturated rings. The Morgan fingerprint density at radius 1 is 1.08 bits per heavy atom. The molecule has 4 heterocycles. The fraction of sp³-hybridized carbons (Fsp3) is 0.842. The molecule has 7 atom stereocenters. The third-order valence-corrected chi connectivity index (χ3v) is 6.73. The van der Waals surface area contributed by atoms with Crippen LogP contribution in [0.4, 0.5) is 0 Å². The number of nitrogens with zero attached hydrogens (tertiary/aromatic N) is 1. The van der Waals surface area contributed by atoms with E-state index in [9.17, 15) is 14.4 Å². The molecule has 0 aliphatic carbocycles. The van der Waals surface area contributed by atoms with E-state index in [-0.39, 0.29) is 54.0 Å². The molecule has 1 spiro atoms. The van der Waals surface area contributed by atoms with Gasteiger partial charge in [-0.1, -0.05) is 13.8 Å². The molecule has 4 aliphatic rings. The van der Waals surface area contributed by atoms with Crippen LogP contribution in [-0.2, 0) is 28.6 Å². The first-order valence-corrected chi connectivity index (χ1v) is 9.64. The Kier molecular flexibility index (Phi) is 4.25. The Labute approximate surface area is 153 Å². The zero-order chi connectivity index (χ0) is 18.6. The SMILES string of the molecule is CO[C@@H]1CCC(=O)N2[C@@H](CC[C@H]2[C@@H]2C[C@H](C)C(=O)O2)[C@]12C[C@H](C)C(=O)O2. The Bertz CT molecular complexity index is 636. The molecule has 0 bridgehead atoms. The third-order valence-electron chi connectivity index (χ3n) is 6.73. The van der Waals surface area contributed by atoms with Gasteiger partial charge in [-0.3, -0.25) is 14.4 Å². The van der Waals surface area contributed by atoms with Gasteiger partial charge in [0.15, 0.2) is 5.60 Å². The normalized spacial score (nSPS) is 45.7. The van der Waals surface area contributed by atoms with Crippen molar-refractivity contribution >= 4 is 17.8 Å². The van der Waals surface area contributed by atoms with Gasteiger partial charge in [-0.05, 0) is 25.7 Å². The summed E-state index contributed by atoms with van der Waals surface area (Å²) < 4.78 is 17.2. The van der Waals surface area contributed by atoms with Crippen LogP contribution >= 0.6 is 0 Å². The average molecular weight is 365 g/mol. The van der Waals surface area contributed by atoms with Gasteiger partial charge >= 0.3 is 11.9 Å². The van der Waals surface area contributed by atoms with E-state index in [1.165, 1.54) is 0 Å². The molecule has 4 rings (SSSR count). The van der Waals surface area contributed by atoms with Crippen LogP contribution < -0.4 is 0 Å². The standard InChI is InChI=1S/C19H27NO6/c1-10-8-13(25-17(10)22)12-4-5-14-19(9-11(2)18(23)26-19)15(24-3)6-7-16(21)20(12)14/h10-15H,4-9H2,1-3H3/t10-,11-,12-,13-,14-,15+,19+/m0/s1. The number of methoxy groups -OCH3 is 1. The lowest BCUT2D eigenvalue weighted by Gasteiger charge is -2.42. The number of carbonyl (C=O) groups excluding carboxylic acids is 3. The van der Waals surface area contributed by atoms with Crippen molar-refractivity contribution in [3.05, 3.63) is 0 Å². The van der Waals surface area contributed by atoms with Crippen LogP contribution in [0.5, 0.6) is 0 Å². The second-order valence-electron chi connectivity index (χ2n) is 8.32. The Morgan fingerprint density at radius 3 is 2.42 bits per heavy atom. The second-order valence-corrected chi connectivity index (χ2v) is 8.32. The van der Waals surface area contributed by atoms with Crippen molar-refractivity contribution in [2.24, 2.45) is 11.8 Å². The van der Waals surface area contributed by atoms with Gasteiger partial charge in [0.05, 0.1) is 30.0 Å². The average Bonchev–Trinajstić information content (AvgIpc) is 3.24. The van der Waals surface area contributed by atoms with Crippen molar-refractivity contribution < 1.29 is 28.6 Å². The van der Waals surface area contributed by atoms with Gasteiger partial charge in [0.2, 0.25) is 5.91 Å². The largest absolute Gasteiger partial charge is 0.460 e. The van der Waals surface area contributed by atoms with Crippen molar-refractivity contribution in [1.29, 1.82) is 0 Å². The lowest BCUT2D eigenvalue weighted by atomic mass is 9.81. The maximum atomic E-state index is 13.0. The van der Waals surface area contributed by atoms with E-state index in [0.29, 0.717) is 25.7 Å². The van der Waals surface area contributed by atoms with Gasteiger partial charge in [0.25, 0.3) is 0 Å². The number of rotatable bonds is 2. The minimum atomic E-state index is -0.791. The number of hydrogen-bond donors (Lipinski definition) is 0. The molecule has 144 valence electrons. The van der Waals surface area contributed by atoms with E-state index < -0.39 is 5.60 Å². The molecule has 4 saturated heterocycles. The van der Waals surface area contributed by atoms with Gasteiger partial charge in [-0.15, -0.1) is 0 Å². The van der Waals surface area contributed by atoms with Crippen LogP contribution in [0.3, 0.4) is 0 Å². The smallest absolute Gasteiger partial charge is 0.309 e. The molecule has 7 heteroatoms. The molecule has 0 unspecified atom stereocenters. The highest BCUT2D eigenvalue weighted by atomic mass is 16.6. The number of hydrogen-bond acceptors (Lipinski definition) is 6. The van der Waals surface area contributed by atoms with Gasteiger partial charge in [0.1, 0.15) is 6.10 Å². The highest BCUT2D eigenvalue weighted by Gasteiger charge is 2.62. The third kappa shape index (κ3) is 2.47. The number of amides is 1. The fourth-order valence-electron chi connectivity index (χ4n) is 5.49. The summed E-state index contributed by atoms with van der Waals surface area (Å²) in [5, 5.41) is 0. The zero-order valence-corrected chi connectivity index (χ0v) is 15.6. The molecular weight excluding hydrogens is 338 g/mol. The van der Waals surface area contributed by atoms with Crippen molar-refractivity contribution in [1.82, 2.24) is 4.90 Å². The van der Waals surface area contributed by atoms with Crippen molar-refractivity contribution in [2.75, 3.05) is 7.11 Å². The molecule has 26 heavy (non-hydrogen) atoms. The fourth-order valence-corrected chi connectivity index (χ4v) is 5.49. The van der Waals surface area contributed by atoms with Crippen LogP contribution in [0.2, 0.25) is 0 Å². The van der Waals surface area contributed by atoms with Gasteiger partial charge < -0.3 is 19.1 Å². The van der Waals surface area contributed by atoms with E-state index in [2.05, 4.69) is 0 Å². The van der Waals surface area contributed by atoms with Crippen molar-refractivity contribution in [3.63, 3.8) is 0 Å². The van der Waals surface area contributed by atoms with Crippen molar-refractivity contribution in [3.8, 4) is 0 Å². The van der Waals surface area contributed by atoms with E-state index >= 15 is 0 Å². The topological polar surface area (TPSA) is 82.1 Å². The van der Waals surface area contributed by atoms with Crippen molar-refractivity contribution in [2.45, 2.75) is 82.3 Å². The number of cyclic esters (lactones) is 1. The molecule has 0 aromatic heterocycles. The lowest BCUT2D eigenvalue weighted by molar-refractivity contribution is -0.174. The molecule has 0 saturated carbocycles. The summed E-state index contributed by atoms with van der Waals surface area (Å²) in [5.41, 5.74) is -0.791. The van der Waals surface area contributed by atoms with E-state index in [4.69, 9.17) is 14.2 Å². The van der Waals surface area contributed by atoms with Crippen LogP contribution in [-0.4, -0.2) is 59.7 Å². The van der Waals surface area contributed by atoms with E-state index in [1.807, 2.05) is 18.7 Å². The predicted molar refractivity (Wildman–Crippen MR) is 90.0 cm³/mol. The molecule has 0 aromatic carbocycles. The molecular formula is C19H27NO6. The van der Waals surface area contributed by atoms with Crippen LogP contribution in [0.25, 0.3) is 0 Å². The Hall–Kier alpha value is -1.63. The molecule has 0 aromatic rings. The minimum Gasteiger partial charge on any atom is -0.460 e. The maximum Gasteiger partial charge on any atom is 0.309 e. The number of carbonyl (C=O) groups is 3. The Balaban J connectivity index is 1.68. The van der Waals surface area contributed by atoms with Crippen LogP contribution in [0.15, 0.2) is 0 Å². The van der Waals surface area contributed by atoms with Gasteiger partial charge in [-0.2, -0.15) is 0 Å². The summed E-state index contributed by atoms with van der Waals surface area (Å²) in [5.74, 6) is -0.698. The Morgan fingerprint density at radius 2 is 1.85 bits per heavy atom. The summed E-state index contributed by atoms with van der Waals surface area (Å²) in [7, 11) is 1.62. The predicted octanol–water partition coefficient (Wildman–Crippen LogP) is 1.43. The van der Waals surface area contributed by atoms with E-state index in [1.54, 1.807) is 7.11 Å². The summed E-state index contributed by atoms with van der Waals surface area (Å²) >= 11 is 0. The summed E-state index contributed by atoms with van der Waals surface area (Å²) in [6, 6.07) is -0.348. The molecule has 0 N–H and O–H groups in total. The number of fused-ring (bicyclic) bond motifs is 2. The zero-order valence-electron chi connectivity index (χ0n) is 15.6. The summed E-state index contributed by atoms with van der Waals surface area (Å²) in [4.78, 5) is 39.0. The molecule has 4 aliphatic heterocycles. The summed E-state index contributed by atoms with van der Waals surface area (Å²) in [6.07, 6.45) is 3.02. The quantitative estimate of drug-likeness (QED) is 0.689.